The predicted octanol–water partition coefficient (Wildman–Crippen LogP) is 5.55. The molecule has 2 rings (SSSR count). The number of halogens is 2. The Morgan fingerprint density at radius 1 is 1.15 bits per heavy atom. The Hall–Kier alpha value is -1.82. The van der Waals surface area contributed by atoms with Crippen molar-refractivity contribution in [1.29, 1.82) is 0 Å². The summed E-state index contributed by atoms with van der Waals surface area (Å²) in [5, 5.41) is 6.61. The molecular weight excluding hydrogens is 391 g/mol. The van der Waals surface area contributed by atoms with Gasteiger partial charge in [-0.15, -0.1) is 0 Å². The van der Waals surface area contributed by atoms with E-state index in [1.54, 1.807) is 36.4 Å². The Morgan fingerprint density at radius 3 is 2.46 bits per heavy atom. The van der Waals surface area contributed by atoms with Gasteiger partial charge in [-0.2, -0.15) is 0 Å². The van der Waals surface area contributed by atoms with Crippen molar-refractivity contribution in [3.8, 4) is 5.75 Å². The first-order chi connectivity index (χ1) is 12.3. The molecule has 2 aromatic carbocycles. The molecule has 0 aliphatic carbocycles. The summed E-state index contributed by atoms with van der Waals surface area (Å²) in [6, 6.07) is 12.0. The van der Waals surface area contributed by atoms with E-state index in [-0.39, 0.29) is 11.0 Å². The molecule has 0 heterocycles. The Kier molecular flexibility index (Phi) is 7.69. The van der Waals surface area contributed by atoms with Gasteiger partial charge in [-0.25, -0.2) is 0 Å². The molecule has 4 nitrogen and oxygen atoms in total. The van der Waals surface area contributed by atoms with E-state index >= 15 is 0 Å². The van der Waals surface area contributed by atoms with E-state index in [4.69, 9.17) is 40.2 Å². The van der Waals surface area contributed by atoms with Gasteiger partial charge in [-0.1, -0.05) is 49.2 Å². The van der Waals surface area contributed by atoms with Crippen LogP contribution < -0.4 is 15.4 Å². The Morgan fingerprint density at radius 2 is 1.81 bits per heavy atom. The normalized spacial score (nSPS) is 10.5. The van der Waals surface area contributed by atoms with Crippen LogP contribution in [0.15, 0.2) is 42.5 Å². The van der Waals surface area contributed by atoms with Crippen molar-refractivity contribution in [2.45, 2.75) is 20.3 Å². The van der Waals surface area contributed by atoms with Crippen LogP contribution in [0.1, 0.15) is 30.6 Å². The maximum absolute atomic E-state index is 12.5. The van der Waals surface area contributed by atoms with Crippen LogP contribution in [0, 0.1) is 5.92 Å². The lowest BCUT2D eigenvalue weighted by Crippen LogP contribution is -2.34. The fourth-order valence-electron chi connectivity index (χ4n) is 2.14. The Bertz CT molecular complexity index is 777. The third-order valence-corrected chi connectivity index (χ3v) is 4.07. The zero-order valence-electron chi connectivity index (χ0n) is 14.5. The second-order valence-electron chi connectivity index (χ2n) is 6.09. The monoisotopic (exact) mass is 410 g/mol. The number of ether oxygens (including phenoxy) is 1. The Labute approximate surface area is 168 Å². The van der Waals surface area contributed by atoms with Gasteiger partial charge in [0.1, 0.15) is 5.75 Å². The van der Waals surface area contributed by atoms with Crippen molar-refractivity contribution in [3.63, 3.8) is 0 Å². The topological polar surface area (TPSA) is 50.4 Å². The van der Waals surface area contributed by atoms with Gasteiger partial charge < -0.3 is 10.1 Å². The molecule has 2 aromatic rings. The van der Waals surface area contributed by atoms with Crippen molar-refractivity contribution in [2.24, 2.45) is 5.92 Å². The Balaban J connectivity index is 2.01. The van der Waals surface area contributed by atoms with Crippen molar-refractivity contribution < 1.29 is 9.53 Å². The molecule has 0 saturated heterocycles. The average molecular weight is 411 g/mol. The van der Waals surface area contributed by atoms with E-state index in [2.05, 4.69) is 24.5 Å². The molecule has 1 amide bonds. The maximum Gasteiger partial charge on any atom is 0.261 e. The average Bonchev–Trinajstić information content (AvgIpc) is 2.53. The summed E-state index contributed by atoms with van der Waals surface area (Å²) in [4.78, 5) is 12.5. The molecule has 0 aliphatic rings. The van der Waals surface area contributed by atoms with Crippen LogP contribution in [0.4, 0.5) is 5.69 Å². The first-order valence-corrected chi connectivity index (χ1v) is 9.32. The molecule has 0 atom stereocenters. The van der Waals surface area contributed by atoms with Gasteiger partial charge in [0.15, 0.2) is 5.11 Å². The number of thiocarbonyl (C=S) groups is 1. The largest absolute Gasteiger partial charge is 0.493 e. The smallest absolute Gasteiger partial charge is 0.261 e. The molecule has 7 heteroatoms. The van der Waals surface area contributed by atoms with Crippen molar-refractivity contribution in [3.05, 3.63) is 58.1 Å². The number of carbonyl (C=O) groups excluding carboxylic acids is 1. The predicted molar refractivity (Wildman–Crippen MR) is 112 cm³/mol. The second-order valence-corrected chi connectivity index (χ2v) is 7.37. The number of benzene rings is 2. The molecule has 0 bridgehead atoms. The summed E-state index contributed by atoms with van der Waals surface area (Å²) in [6.45, 7) is 4.79. The number of nitrogens with one attached hydrogen (secondary N) is 2. The van der Waals surface area contributed by atoms with Crippen LogP contribution in [0.3, 0.4) is 0 Å². The molecule has 0 saturated carbocycles. The zero-order valence-corrected chi connectivity index (χ0v) is 16.8. The van der Waals surface area contributed by atoms with Crippen LogP contribution in [0.2, 0.25) is 10.0 Å². The fraction of sp³-hybridized carbons (Fsp3) is 0.263. The van der Waals surface area contributed by atoms with E-state index < -0.39 is 0 Å². The van der Waals surface area contributed by atoms with Crippen LogP contribution in [-0.2, 0) is 0 Å². The van der Waals surface area contributed by atoms with Crippen LogP contribution in [-0.4, -0.2) is 17.6 Å². The van der Waals surface area contributed by atoms with E-state index in [0.29, 0.717) is 39.6 Å². The minimum Gasteiger partial charge on any atom is -0.493 e. The quantitative estimate of drug-likeness (QED) is 0.613. The summed E-state index contributed by atoms with van der Waals surface area (Å²) in [7, 11) is 0. The number of hydrogen-bond donors (Lipinski definition) is 2. The molecule has 0 spiro atoms. The molecule has 138 valence electrons. The van der Waals surface area contributed by atoms with Gasteiger partial charge in [0.25, 0.3) is 5.91 Å². The number of hydrogen-bond acceptors (Lipinski definition) is 3. The molecule has 0 aliphatic heterocycles. The number of amides is 1. The first kappa shape index (κ1) is 20.5. The highest BCUT2D eigenvalue weighted by Crippen LogP contribution is 2.22. The highest BCUT2D eigenvalue weighted by Gasteiger charge is 2.14. The SMILES string of the molecule is CC(C)CCOc1ccccc1C(=O)NC(=S)Nc1cc(Cl)cc(Cl)c1. The van der Waals surface area contributed by atoms with Gasteiger partial charge in [0.05, 0.1) is 12.2 Å². The maximum atomic E-state index is 12.5. The summed E-state index contributed by atoms with van der Waals surface area (Å²) in [6.07, 6.45) is 0.908. The van der Waals surface area contributed by atoms with E-state index in [0.717, 1.165) is 6.42 Å². The van der Waals surface area contributed by atoms with E-state index in [1.807, 2.05) is 6.07 Å². The number of rotatable bonds is 6. The molecule has 0 unspecified atom stereocenters. The third-order valence-electron chi connectivity index (χ3n) is 3.43. The molecule has 0 radical (unpaired) electrons. The van der Waals surface area contributed by atoms with E-state index in [1.165, 1.54) is 0 Å². The highest BCUT2D eigenvalue weighted by molar-refractivity contribution is 7.80. The highest BCUT2D eigenvalue weighted by atomic mass is 35.5. The lowest BCUT2D eigenvalue weighted by molar-refractivity contribution is 0.0973. The number of para-hydroxylation sites is 1. The third kappa shape index (κ3) is 6.48. The lowest BCUT2D eigenvalue weighted by atomic mass is 10.1. The molecule has 0 aromatic heterocycles. The zero-order chi connectivity index (χ0) is 19.1. The summed E-state index contributed by atoms with van der Waals surface area (Å²) < 4.78 is 5.74. The number of anilines is 1. The van der Waals surface area contributed by atoms with Gasteiger partial charge in [-0.3, -0.25) is 10.1 Å². The number of carbonyl (C=O) groups is 1. The minimum atomic E-state index is -0.351. The summed E-state index contributed by atoms with van der Waals surface area (Å²) in [5.74, 6) is 0.701. The van der Waals surface area contributed by atoms with E-state index in [9.17, 15) is 4.79 Å². The standard InChI is InChI=1S/C19H20Cl2N2O2S/c1-12(2)7-8-25-17-6-4-3-5-16(17)18(24)23-19(26)22-15-10-13(20)9-14(21)11-15/h3-6,9-12H,7-8H2,1-2H3,(H2,22,23,24,26). The second kappa shape index (κ2) is 9.76. The summed E-state index contributed by atoms with van der Waals surface area (Å²) >= 11 is 17.1. The van der Waals surface area contributed by atoms with Crippen molar-refractivity contribution in [1.82, 2.24) is 5.32 Å². The van der Waals surface area contributed by atoms with Gasteiger partial charge in [-0.05, 0) is 54.9 Å². The van der Waals surface area contributed by atoms with Gasteiger partial charge >= 0.3 is 0 Å². The summed E-state index contributed by atoms with van der Waals surface area (Å²) in [5.41, 5.74) is 1.01. The van der Waals surface area contributed by atoms with Crippen LogP contribution in [0.5, 0.6) is 5.75 Å². The molecule has 26 heavy (non-hydrogen) atoms. The van der Waals surface area contributed by atoms with Crippen molar-refractivity contribution >= 4 is 52.1 Å². The van der Waals surface area contributed by atoms with Crippen molar-refractivity contribution in [2.75, 3.05) is 11.9 Å². The van der Waals surface area contributed by atoms with Gasteiger partial charge in [0.2, 0.25) is 0 Å². The molecule has 2 N–H and O–H groups in total. The fourth-order valence-corrected chi connectivity index (χ4v) is 2.88. The van der Waals surface area contributed by atoms with Gasteiger partial charge in [0, 0.05) is 15.7 Å². The lowest BCUT2D eigenvalue weighted by Gasteiger charge is -2.14. The van der Waals surface area contributed by atoms with Crippen LogP contribution >= 0.6 is 35.4 Å². The minimum absolute atomic E-state index is 0.144. The molecule has 0 fully saturated rings. The molecular formula is C19H20Cl2N2O2S. The first-order valence-electron chi connectivity index (χ1n) is 8.15. The van der Waals surface area contributed by atoms with Crippen LogP contribution in [0.25, 0.3) is 0 Å².